The van der Waals surface area contributed by atoms with Crippen molar-refractivity contribution in [2.24, 2.45) is 0 Å². The Bertz CT molecular complexity index is 865. The predicted octanol–water partition coefficient (Wildman–Crippen LogP) is 2.68. The maximum atomic E-state index is 11.9. The number of aromatic nitrogens is 4. The fraction of sp³-hybridized carbons (Fsp3) is 0.333. The van der Waals surface area contributed by atoms with Crippen LogP contribution in [0.1, 0.15) is 31.4 Å². The van der Waals surface area contributed by atoms with Gasteiger partial charge in [-0.25, -0.2) is 19.7 Å². The molecule has 8 nitrogen and oxygen atoms in total. The Hall–Kier alpha value is -3.16. The molecule has 0 spiro atoms. The van der Waals surface area contributed by atoms with Crippen LogP contribution < -0.4 is 11.1 Å². The van der Waals surface area contributed by atoms with Gasteiger partial charge in [-0.1, -0.05) is 30.3 Å². The highest BCUT2D eigenvalue weighted by Gasteiger charge is 2.10. The largest absolute Gasteiger partial charge is 0.450 e. The summed E-state index contributed by atoms with van der Waals surface area (Å²) in [4.78, 5) is 24.2. The zero-order chi connectivity index (χ0) is 18.4. The van der Waals surface area contributed by atoms with Crippen molar-refractivity contribution in [2.45, 2.75) is 32.4 Å². The van der Waals surface area contributed by atoms with Crippen molar-refractivity contribution < 1.29 is 9.53 Å². The lowest BCUT2D eigenvalue weighted by molar-refractivity contribution is 0.140. The summed E-state index contributed by atoms with van der Waals surface area (Å²) in [5, 5.41) is 2.82. The average molecular weight is 354 g/mol. The number of nitrogens with zero attached hydrogens (tertiary/aromatic N) is 4. The third-order valence-corrected chi connectivity index (χ3v) is 4.09. The van der Waals surface area contributed by atoms with Gasteiger partial charge in [-0.2, -0.15) is 0 Å². The van der Waals surface area contributed by atoms with E-state index in [1.165, 1.54) is 6.33 Å². The first-order chi connectivity index (χ1) is 12.6. The normalized spacial score (nSPS) is 12.0. The topological polar surface area (TPSA) is 108 Å². The first-order valence-corrected chi connectivity index (χ1v) is 8.54. The molecule has 3 aromatic rings. The van der Waals surface area contributed by atoms with E-state index in [-0.39, 0.29) is 6.04 Å². The lowest BCUT2D eigenvalue weighted by Crippen LogP contribution is -2.27. The van der Waals surface area contributed by atoms with Gasteiger partial charge < -0.3 is 20.4 Å². The van der Waals surface area contributed by atoms with Gasteiger partial charge in [0.25, 0.3) is 0 Å². The van der Waals surface area contributed by atoms with Crippen molar-refractivity contribution in [3.05, 3.63) is 48.5 Å². The van der Waals surface area contributed by atoms with E-state index in [0.717, 1.165) is 24.9 Å². The standard InChI is InChI=1S/C18H22N6O2/c1-13(14-7-3-2-4-8-14)23-18(25)26-10-6-5-9-24-12-22-15-16(19)20-11-21-17(15)24/h2-4,7-8,11-13H,5-6,9-10H2,1H3,(H,23,25)(H2,19,20,21). The molecule has 0 aliphatic heterocycles. The number of nitrogen functional groups attached to an aromatic ring is 1. The number of ether oxygens (including phenoxy) is 1. The quantitative estimate of drug-likeness (QED) is 0.632. The molecule has 0 bridgehead atoms. The molecule has 3 rings (SSSR count). The third kappa shape index (κ3) is 4.27. The maximum absolute atomic E-state index is 11.9. The second-order valence-electron chi connectivity index (χ2n) is 5.99. The number of benzene rings is 1. The summed E-state index contributed by atoms with van der Waals surface area (Å²) >= 11 is 0. The van der Waals surface area contributed by atoms with Gasteiger partial charge in [0.2, 0.25) is 0 Å². The molecule has 1 aromatic carbocycles. The zero-order valence-electron chi connectivity index (χ0n) is 14.6. The molecule has 0 fully saturated rings. The van der Waals surface area contributed by atoms with Gasteiger partial charge in [0.05, 0.1) is 19.0 Å². The lowest BCUT2D eigenvalue weighted by Gasteiger charge is -2.14. The van der Waals surface area contributed by atoms with E-state index >= 15 is 0 Å². The summed E-state index contributed by atoms with van der Waals surface area (Å²) in [6.45, 7) is 3.00. The molecule has 2 aromatic heterocycles. The molecule has 136 valence electrons. The van der Waals surface area contributed by atoms with Crippen LogP contribution in [0, 0.1) is 0 Å². The van der Waals surface area contributed by atoms with Gasteiger partial charge >= 0.3 is 6.09 Å². The van der Waals surface area contributed by atoms with Crippen molar-refractivity contribution in [2.75, 3.05) is 12.3 Å². The van der Waals surface area contributed by atoms with Gasteiger partial charge in [-0.15, -0.1) is 0 Å². The van der Waals surface area contributed by atoms with E-state index < -0.39 is 6.09 Å². The number of nitrogens with two attached hydrogens (primary N) is 1. The molecule has 0 radical (unpaired) electrons. The third-order valence-electron chi connectivity index (χ3n) is 4.09. The van der Waals surface area contributed by atoms with Gasteiger partial charge in [0.1, 0.15) is 11.8 Å². The lowest BCUT2D eigenvalue weighted by atomic mass is 10.1. The SMILES string of the molecule is CC(NC(=O)OCCCCn1cnc2c(N)ncnc21)c1ccccc1. The van der Waals surface area contributed by atoms with Gasteiger partial charge in [0, 0.05) is 6.54 Å². The second kappa shape index (κ2) is 8.28. The molecular formula is C18H22N6O2. The Morgan fingerprint density at radius 3 is 2.85 bits per heavy atom. The van der Waals surface area contributed by atoms with Crippen molar-refractivity contribution in [3.63, 3.8) is 0 Å². The smallest absolute Gasteiger partial charge is 0.407 e. The minimum atomic E-state index is -0.407. The molecule has 1 amide bonds. The molecule has 2 heterocycles. The minimum absolute atomic E-state index is 0.0915. The first kappa shape index (κ1) is 17.7. The number of imidazole rings is 1. The maximum Gasteiger partial charge on any atom is 0.407 e. The Morgan fingerprint density at radius 1 is 1.23 bits per heavy atom. The average Bonchev–Trinajstić information content (AvgIpc) is 3.07. The number of amides is 1. The van der Waals surface area contributed by atoms with Gasteiger partial charge in [-0.05, 0) is 25.3 Å². The van der Waals surface area contributed by atoms with E-state index in [1.54, 1.807) is 6.33 Å². The molecular weight excluding hydrogens is 332 g/mol. The monoisotopic (exact) mass is 354 g/mol. The summed E-state index contributed by atoms with van der Waals surface area (Å²) in [6, 6.07) is 9.67. The van der Waals surface area contributed by atoms with Crippen molar-refractivity contribution in [1.82, 2.24) is 24.8 Å². The summed E-state index contributed by atoms with van der Waals surface area (Å²) < 4.78 is 7.16. The number of nitrogens with one attached hydrogen (secondary N) is 1. The van der Waals surface area contributed by atoms with Crippen LogP contribution in [0.2, 0.25) is 0 Å². The molecule has 0 aliphatic rings. The highest BCUT2D eigenvalue weighted by molar-refractivity contribution is 5.81. The number of carbonyl (C=O) groups excluding carboxylic acids is 1. The number of hydrogen-bond acceptors (Lipinski definition) is 6. The Labute approximate surface area is 151 Å². The van der Waals surface area contributed by atoms with Crippen LogP contribution in [0.4, 0.5) is 10.6 Å². The van der Waals surface area contributed by atoms with Crippen LogP contribution in [-0.4, -0.2) is 32.2 Å². The number of fused-ring (bicyclic) bond motifs is 1. The Kier molecular flexibility index (Phi) is 5.62. The first-order valence-electron chi connectivity index (χ1n) is 8.54. The van der Waals surface area contributed by atoms with Crippen molar-refractivity contribution in [3.8, 4) is 0 Å². The highest BCUT2D eigenvalue weighted by atomic mass is 16.5. The summed E-state index contributed by atoms with van der Waals surface area (Å²) in [6.07, 6.45) is 4.29. The molecule has 3 N–H and O–H groups in total. The number of hydrogen-bond donors (Lipinski definition) is 2. The van der Waals surface area contributed by atoms with Crippen LogP contribution in [0.5, 0.6) is 0 Å². The molecule has 1 unspecified atom stereocenters. The molecule has 0 aliphatic carbocycles. The number of carbonyl (C=O) groups is 1. The van der Waals surface area contributed by atoms with E-state index in [1.807, 2.05) is 41.8 Å². The van der Waals surface area contributed by atoms with E-state index in [0.29, 0.717) is 23.6 Å². The van der Waals surface area contributed by atoms with E-state index in [4.69, 9.17) is 10.5 Å². The van der Waals surface area contributed by atoms with Crippen LogP contribution in [-0.2, 0) is 11.3 Å². The molecule has 26 heavy (non-hydrogen) atoms. The summed E-state index contributed by atoms with van der Waals surface area (Å²) in [7, 11) is 0. The second-order valence-corrected chi connectivity index (χ2v) is 5.99. The fourth-order valence-corrected chi connectivity index (χ4v) is 2.65. The number of alkyl carbamates (subject to hydrolysis) is 1. The molecule has 0 saturated heterocycles. The number of aryl methyl sites for hydroxylation is 1. The van der Waals surface area contributed by atoms with Crippen LogP contribution in [0.25, 0.3) is 11.2 Å². The molecule has 8 heteroatoms. The van der Waals surface area contributed by atoms with Gasteiger partial charge in [0.15, 0.2) is 11.5 Å². The zero-order valence-corrected chi connectivity index (χ0v) is 14.6. The fourth-order valence-electron chi connectivity index (χ4n) is 2.65. The number of rotatable bonds is 7. The molecule has 0 saturated carbocycles. The van der Waals surface area contributed by atoms with Crippen LogP contribution in [0.15, 0.2) is 43.0 Å². The van der Waals surface area contributed by atoms with E-state index in [2.05, 4.69) is 20.3 Å². The van der Waals surface area contributed by atoms with E-state index in [9.17, 15) is 4.79 Å². The number of unbranched alkanes of at least 4 members (excludes halogenated alkanes) is 1. The van der Waals surface area contributed by atoms with Crippen molar-refractivity contribution in [1.29, 1.82) is 0 Å². The van der Waals surface area contributed by atoms with Gasteiger partial charge in [-0.3, -0.25) is 0 Å². The Morgan fingerprint density at radius 2 is 2.04 bits per heavy atom. The van der Waals surface area contributed by atoms with Crippen molar-refractivity contribution >= 4 is 23.1 Å². The minimum Gasteiger partial charge on any atom is -0.450 e. The summed E-state index contributed by atoms with van der Waals surface area (Å²) in [5.74, 6) is 0.376. The van der Waals surface area contributed by atoms with Crippen LogP contribution >= 0.6 is 0 Å². The van der Waals surface area contributed by atoms with Crippen LogP contribution in [0.3, 0.4) is 0 Å². The number of anilines is 1. The summed E-state index contributed by atoms with van der Waals surface area (Å²) in [5.41, 5.74) is 8.13. The Balaban J connectivity index is 1.39. The molecule has 1 atom stereocenters. The predicted molar refractivity (Wildman–Crippen MR) is 98.3 cm³/mol. The highest BCUT2D eigenvalue weighted by Crippen LogP contribution is 2.15.